The molecule has 3 aromatic rings. The molecule has 1 N–H and O–H groups in total. The first-order valence-corrected chi connectivity index (χ1v) is 10.0. The second-order valence-corrected chi connectivity index (χ2v) is 8.45. The lowest BCUT2D eigenvalue weighted by Crippen LogP contribution is -2.26. The van der Waals surface area contributed by atoms with Crippen LogP contribution in [-0.2, 0) is 7.05 Å². The van der Waals surface area contributed by atoms with Gasteiger partial charge in [0.2, 0.25) is 5.95 Å². The average Bonchev–Trinajstić information content (AvgIpc) is 3.34. The Labute approximate surface area is 159 Å². The molecule has 3 atom stereocenters. The van der Waals surface area contributed by atoms with E-state index in [0.717, 1.165) is 40.1 Å². The van der Waals surface area contributed by atoms with E-state index >= 15 is 0 Å². The van der Waals surface area contributed by atoms with Gasteiger partial charge in [-0.1, -0.05) is 20.3 Å². The van der Waals surface area contributed by atoms with Gasteiger partial charge in [0.15, 0.2) is 5.65 Å². The Hall–Kier alpha value is -2.50. The number of aryl methyl sites for hydroxylation is 1. The first-order valence-electron chi connectivity index (χ1n) is 10.0. The average molecular weight is 362 g/mol. The van der Waals surface area contributed by atoms with Crippen LogP contribution < -0.4 is 5.32 Å². The molecule has 0 amide bonds. The monoisotopic (exact) mass is 362 g/mol. The molecule has 0 aromatic carbocycles. The highest BCUT2D eigenvalue weighted by Gasteiger charge is 2.39. The quantitative estimate of drug-likeness (QED) is 0.755. The number of nitrogens with one attached hydrogen (secondary N) is 1. The highest BCUT2D eigenvalue weighted by atomic mass is 15.3. The van der Waals surface area contributed by atoms with E-state index in [0.29, 0.717) is 12.0 Å². The van der Waals surface area contributed by atoms with E-state index < -0.39 is 0 Å². The van der Waals surface area contributed by atoms with Crippen LogP contribution in [0, 0.1) is 11.8 Å². The zero-order valence-corrected chi connectivity index (χ0v) is 16.2. The molecule has 140 valence electrons. The van der Waals surface area contributed by atoms with Gasteiger partial charge >= 0.3 is 0 Å². The third-order valence-electron chi connectivity index (χ3n) is 6.29. The number of pyridine rings is 1. The summed E-state index contributed by atoms with van der Waals surface area (Å²) >= 11 is 0. The van der Waals surface area contributed by atoms with Crippen LogP contribution >= 0.6 is 0 Å². The zero-order chi connectivity index (χ0) is 18.5. The van der Waals surface area contributed by atoms with Crippen molar-refractivity contribution in [3.05, 3.63) is 30.2 Å². The largest absolute Gasteiger partial charge is 0.351 e. The highest BCUT2D eigenvalue weighted by Crippen LogP contribution is 2.45. The molecular formula is C21H26N6. The van der Waals surface area contributed by atoms with Crippen LogP contribution in [0.2, 0.25) is 0 Å². The van der Waals surface area contributed by atoms with E-state index in [1.54, 1.807) is 0 Å². The van der Waals surface area contributed by atoms with Gasteiger partial charge in [-0.3, -0.25) is 4.68 Å². The minimum Gasteiger partial charge on any atom is -0.351 e. The van der Waals surface area contributed by atoms with Gasteiger partial charge in [-0.25, -0.2) is 15.0 Å². The molecule has 2 aliphatic rings. The van der Waals surface area contributed by atoms with Crippen molar-refractivity contribution in [1.29, 1.82) is 0 Å². The predicted molar refractivity (Wildman–Crippen MR) is 106 cm³/mol. The molecule has 27 heavy (non-hydrogen) atoms. The topological polar surface area (TPSA) is 68.5 Å². The first kappa shape index (κ1) is 16.7. The van der Waals surface area contributed by atoms with Gasteiger partial charge in [0.25, 0.3) is 0 Å². The normalized spacial score (nSPS) is 24.2. The van der Waals surface area contributed by atoms with Gasteiger partial charge in [0.05, 0.1) is 11.4 Å². The van der Waals surface area contributed by atoms with Crippen molar-refractivity contribution >= 4 is 17.0 Å². The standard InChI is InChI=1S/C21H26N6/c1-12(2)19-16-10-15(11-23-20(16)26-27(19)3)17-6-7-22-21(24-17)25-18-9-13-4-5-14(18)8-13/h6-7,10-14,18H,4-5,8-9H2,1-3H3,(H,22,24,25)/t13-,14-,18+/m1/s1. The lowest BCUT2D eigenvalue weighted by Gasteiger charge is -2.22. The summed E-state index contributed by atoms with van der Waals surface area (Å²) in [7, 11) is 1.98. The molecule has 3 aromatic heterocycles. The second kappa shape index (κ2) is 6.29. The molecular weight excluding hydrogens is 336 g/mol. The SMILES string of the molecule is CC(C)c1c2cc(-c3ccnc(N[C@H]4C[C@@H]5CC[C@@H]4C5)n3)cnc2nn1C. The Morgan fingerprint density at radius 1 is 1.19 bits per heavy atom. The lowest BCUT2D eigenvalue weighted by atomic mass is 9.95. The molecule has 0 aliphatic heterocycles. The fraction of sp³-hybridized carbons (Fsp3) is 0.524. The van der Waals surface area contributed by atoms with Crippen molar-refractivity contribution in [3.63, 3.8) is 0 Å². The maximum atomic E-state index is 4.79. The van der Waals surface area contributed by atoms with E-state index in [1.165, 1.54) is 31.4 Å². The molecule has 2 aliphatic carbocycles. The number of rotatable bonds is 4. The van der Waals surface area contributed by atoms with Crippen LogP contribution in [0.4, 0.5) is 5.95 Å². The van der Waals surface area contributed by atoms with Gasteiger partial charge in [0.1, 0.15) is 0 Å². The number of anilines is 1. The summed E-state index contributed by atoms with van der Waals surface area (Å²) in [5.74, 6) is 2.82. The summed E-state index contributed by atoms with van der Waals surface area (Å²) in [5.41, 5.74) is 3.91. The summed E-state index contributed by atoms with van der Waals surface area (Å²) in [5, 5.41) is 9.23. The first-order chi connectivity index (χ1) is 13.1. The Bertz CT molecular complexity index is 992. The molecule has 5 rings (SSSR count). The van der Waals surface area contributed by atoms with Crippen molar-refractivity contribution in [2.24, 2.45) is 18.9 Å². The van der Waals surface area contributed by atoms with Crippen LogP contribution in [0.25, 0.3) is 22.3 Å². The van der Waals surface area contributed by atoms with Crippen molar-refractivity contribution in [1.82, 2.24) is 24.7 Å². The van der Waals surface area contributed by atoms with E-state index in [9.17, 15) is 0 Å². The van der Waals surface area contributed by atoms with Crippen LogP contribution in [0.3, 0.4) is 0 Å². The van der Waals surface area contributed by atoms with Crippen molar-refractivity contribution in [2.45, 2.75) is 51.5 Å². The zero-order valence-electron chi connectivity index (χ0n) is 16.2. The molecule has 2 saturated carbocycles. The third kappa shape index (κ3) is 2.87. The molecule has 2 fully saturated rings. The minimum absolute atomic E-state index is 0.387. The summed E-state index contributed by atoms with van der Waals surface area (Å²) in [6.07, 6.45) is 9.09. The Morgan fingerprint density at radius 3 is 2.81 bits per heavy atom. The predicted octanol–water partition coefficient (Wildman–Crippen LogP) is 4.15. The van der Waals surface area contributed by atoms with Crippen LogP contribution in [0.15, 0.2) is 24.5 Å². The lowest BCUT2D eigenvalue weighted by molar-refractivity contribution is 0.438. The van der Waals surface area contributed by atoms with Gasteiger partial charge in [-0.05, 0) is 49.1 Å². The Morgan fingerprint density at radius 2 is 2.07 bits per heavy atom. The fourth-order valence-electron chi connectivity index (χ4n) is 5.10. The summed E-state index contributed by atoms with van der Waals surface area (Å²) in [4.78, 5) is 13.8. The maximum Gasteiger partial charge on any atom is 0.223 e. The Kier molecular flexibility index (Phi) is 3.88. The smallest absolute Gasteiger partial charge is 0.223 e. The molecule has 3 heterocycles. The van der Waals surface area contributed by atoms with E-state index in [-0.39, 0.29) is 0 Å². The summed E-state index contributed by atoms with van der Waals surface area (Å²) in [6.45, 7) is 4.37. The molecule has 6 nitrogen and oxygen atoms in total. The van der Waals surface area contributed by atoms with Crippen LogP contribution in [0.1, 0.15) is 51.1 Å². The molecule has 0 unspecified atom stereocenters. The number of hydrogen-bond donors (Lipinski definition) is 1. The van der Waals surface area contributed by atoms with Gasteiger partial charge in [-0.15, -0.1) is 0 Å². The van der Waals surface area contributed by atoms with Gasteiger partial charge in [0, 0.05) is 36.4 Å². The van der Waals surface area contributed by atoms with Crippen LogP contribution in [0.5, 0.6) is 0 Å². The number of hydrogen-bond acceptors (Lipinski definition) is 5. The highest BCUT2D eigenvalue weighted by molar-refractivity contribution is 5.83. The summed E-state index contributed by atoms with van der Waals surface area (Å²) in [6, 6.07) is 4.65. The van der Waals surface area contributed by atoms with Crippen molar-refractivity contribution in [3.8, 4) is 11.3 Å². The Balaban J connectivity index is 1.46. The molecule has 0 saturated heterocycles. The molecule has 0 radical (unpaired) electrons. The van der Waals surface area contributed by atoms with Crippen LogP contribution in [-0.4, -0.2) is 30.8 Å². The second-order valence-electron chi connectivity index (χ2n) is 8.45. The molecule has 0 spiro atoms. The molecule has 6 heteroatoms. The molecule has 2 bridgehead atoms. The fourth-order valence-corrected chi connectivity index (χ4v) is 5.10. The van der Waals surface area contributed by atoms with Crippen molar-refractivity contribution < 1.29 is 0 Å². The number of aromatic nitrogens is 5. The minimum atomic E-state index is 0.387. The summed E-state index contributed by atoms with van der Waals surface area (Å²) < 4.78 is 1.94. The maximum absolute atomic E-state index is 4.79. The van der Waals surface area contributed by atoms with Gasteiger partial charge < -0.3 is 5.32 Å². The van der Waals surface area contributed by atoms with E-state index in [4.69, 9.17) is 4.98 Å². The van der Waals surface area contributed by atoms with Gasteiger partial charge in [-0.2, -0.15) is 5.10 Å². The van der Waals surface area contributed by atoms with E-state index in [1.807, 2.05) is 30.2 Å². The number of fused-ring (bicyclic) bond motifs is 3. The number of nitrogens with zero attached hydrogens (tertiary/aromatic N) is 5. The van der Waals surface area contributed by atoms with Crippen molar-refractivity contribution in [2.75, 3.05) is 5.32 Å². The van der Waals surface area contributed by atoms with E-state index in [2.05, 4.69) is 40.3 Å². The third-order valence-corrected chi connectivity index (χ3v) is 6.29.